The van der Waals surface area contributed by atoms with Gasteiger partial charge in [-0.1, -0.05) is 54.0 Å². The zero-order valence-electron chi connectivity index (χ0n) is 29.2. The minimum atomic E-state index is -0.546. The molecule has 6 nitrogen and oxygen atoms in total. The van der Waals surface area contributed by atoms with Crippen molar-refractivity contribution in [2.45, 2.75) is 146 Å². The fourth-order valence-corrected chi connectivity index (χ4v) is 11.7. The largest absolute Gasteiger partial charge is 0.462 e. The van der Waals surface area contributed by atoms with Crippen molar-refractivity contribution >= 4 is 17.7 Å². The predicted molar refractivity (Wildman–Crippen MR) is 169 cm³/mol. The summed E-state index contributed by atoms with van der Waals surface area (Å²) in [6.07, 6.45) is 10.5. The summed E-state index contributed by atoms with van der Waals surface area (Å²) in [5.74, 6) is 0.575. The average molecular weight is 598 g/mol. The van der Waals surface area contributed by atoms with E-state index >= 15 is 0 Å². The molecule has 1 unspecified atom stereocenters. The van der Waals surface area contributed by atoms with Crippen LogP contribution in [0.2, 0.25) is 0 Å². The lowest BCUT2D eigenvalue weighted by molar-refractivity contribution is -0.218. The van der Waals surface area contributed by atoms with E-state index in [1.165, 1.54) is 12.5 Å². The lowest BCUT2D eigenvalue weighted by Crippen LogP contribution is -2.67. The van der Waals surface area contributed by atoms with E-state index in [-0.39, 0.29) is 56.9 Å². The molecule has 0 heterocycles. The number of carbonyl (C=O) groups is 3. The maximum atomic E-state index is 14.7. The first-order valence-corrected chi connectivity index (χ1v) is 16.9. The summed E-state index contributed by atoms with van der Waals surface area (Å²) in [7, 11) is 1.60. The third kappa shape index (κ3) is 4.53. The van der Waals surface area contributed by atoms with Crippen LogP contribution in [0.25, 0.3) is 0 Å². The summed E-state index contributed by atoms with van der Waals surface area (Å²) in [6, 6.07) is 0. The van der Waals surface area contributed by atoms with Crippen molar-refractivity contribution < 1.29 is 24.0 Å². The van der Waals surface area contributed by atoms with Gasteiger partial charge in [-0.3, -0.25) is 19.2 Å². The monoisotopic (exact) mass is 597 g/mol. The van der Waals surface area contributed by atoms with Crippen LogP contribution in [0.4, 0.5) is 0 Å². The Bertz CT molecular complexity index is 1230. The van der Waals surface area contributed by atoms with E-state index in [1.54, 1.807) is 12.2 Å². The van der Waals surface area contributed by atoms with Crippen LogP contribution >= 0.6 is 0 Å². The molecule has 0 aliphatic heterocycles. The predicted octanol–water partition coefficient (Wildman–Crippen LogP) is 8.09. The number of hydroxylamine groups is 2. The Morgan fingerprint density at radius 2 is 1.53 bits per heavy atom. The van der Waals surface area contributed by atoms with E-state index in [2.05, 4.69) is 54.5 Å². The fourth-order valence-electron chi connectivity index (χ4n) is 11.7. The summed E-state index contributed by atoms with van der Waals surface area (Å²) in [4.78, 5) is 46.4. The maximum Gasteiger partial charge on any atom is 0.302 e. The van der Waals surface area contributed by atoms with Gasteiger partial charge in [0.1, 0.15) is 6.10 Å². The number of rotatable bonds is 3. The van der Waals surface area contributed by atoms with Gasteiger partial charge in [0.2, 0.25) is 0 Å². The van der Waals surface area contributed by atoms with Crippen LogP contribution in [0.3, 0.4) is 0 Å². The summed E-state index contributed by atoms with van der Waals surface area (Å²) in [5, 5.41) is 1.57. The van der Waals surface area contributed by atoms with Crippen molar-refractivity contribution in [2.24, 2.45) is 50.2 Å². The summed E-state index contributed by atoms with van der Waals surface area (Å²) >= 11 is 0. The molecule has 5 rings (SSSR count). The maximum absolute atomic E-state index is 14.7. The molecule has 0 aromatic rings. The van der Waals surface area contributed by atoms with Gasteiger partial charge < -0.3 is 4.74 Å². The molecule has 6 heteroatoms. The van der Waals surface area contributed by atoms with Crippen LogP contribution in [0.5, 0.6) is 0 Å². The second-order valence-corrected chi connectivity index (χ2v) is 18.2. The normalized spacial score (nSPS) is 45.5. The van der Waals surface area contributed by atoms with Crippen molar-refractivity contribution in [2.75, 3.05) is 7.11 Å². The number of ketones is 1. The number of amides is 1. The molecule has 0 spiro atoms. The molecule has 5 aliphatic rings. The van der Waals surface area contributed by atoms with Crippen LogP contribution < -0.4 is 0 Å². The minimum absolute atomic E-state index is 0.0587. The zero-order chi connectivity index (χ0) is 32.2. The Morgan fingerprint density at radius 3 is 2.12 bits per heavy atom. The molecule has 0 radical (unpaired) electrons. The molecule has 4 saturated carbocycles. The van der Waals surface area contributed by atoms with Gasteiger partial charge in [-0.2, -0.15) is 0 Å². The molecule has 9 atom stereocenters. The highest BCUT2D eigenvalue weighted by Gasteiger charge is 2.70. The van der Waals surface area contributed by atoms with Crippen LogP contribution in [0.1, 0.15) is 134 Å². The van der Waals surface area contributed by atoms with Crippen molar-refractivity contribution in [3.63, 3.8) is 0 Å². The Hall–Kier alpha value is -1.69. The van der Waals surface area contributed by atoms with E-state index in [9.17, 15) is 14.4 Å². The molecule has 5 aliphatic carbocycles. The highest BCUT2D eigenvalue weighted by atomic mass is 16.7. The standard InChI is InChI=1S/C37H59NO5/c1-23(39)43-28-14-15-35(9)27(32(28,5)6)13-16-37(11)29(35)26(40)21-24-25-22-34(8,30(41)38(42-12)31(2,3)4)18-17-33(25,7)19-20-36(24,37)10/h21,25,27-29H,13-20,22H2,1-12H3/t25-,27?,28-,29+,33+,34-,35-,36+,37+/m0/s1. The van der Waals surface area contributed by atoms with Crippen molar-refractivity contribution in [1.82, 2.24) is 5.06 Å². The van der Waals surface area contributed by atoms with Crippen LogP contribution in [0, 0.1) is 50.2 Å². The molecule has 0 bridgehead atoms. The topological polar surface area (TPSA) is 72.9 Å². The molecule has 1 amide bonds. The molecule has 242 valence electrons. The molecule has 0 saturated heterocycles. The lowest BCUT2D eigenvalue weighted by Gasteiger charge is -2.70. The molecule has 43 heavy (non-hydrogen) atoms. The van der Waals surface area contributed by atoms with Crippen LogP contribution in [-0.2, 0) is 24.0 Å². The van der Waals surface area contributed by atoms with Crippen molar-refractivity contribution in [3.05, 3.63) is 11.6 Å². The quantitative estimate of drug-likeness (QED) is 0.243. The van der Waals surface area contributed by atoms with Gasteiger partial charge in [-0.05, 0) is 118 Å². The van der Waals surface area contributed by atoms with E-state index in [4.69, 9.17) is 9.57 Å². The Labute approximate surface area is 261 Å². The second-order valence-electron chi connectivity index (χ2n) is 18.2. The summed E-state index contributed by atoms with van der Waals surface area (Å²) < 4.78 is 5.87. The van der Waals surface area contributed by atoms with E-state index < -0.39 is 11.0 Å². The van der Waals surface area contributed by atoms with E-state index in [1.807, 2.05) is 20.8 Å². The molecular weight excluding hydrogens is 538 g/mol. The SMILES string of the molecule is CON(C(=O)[C@@]1(C)CC[C@]2(C)CC[C@]3(C)C(=CC(=O)[C@@H]4[C@@]5(C)CC[C@H](OC(C)=O)C(C)(C)C5CC[C@]43C)[C@@H]2C1)C(C)(C)C. The Balaban J connectivity index is 1.54. The number of hydrogen-bond acceptors (Lipinski definition) is 5. The Morgan fingerprint density at radius 1 is 0.907 bits per heavy atom. The first-order chi connectivity index (χ1) is 19.6. The van der Waals surface area contributed by atoms with Gasteiger partial charge in [-0.15, -0.1) is 0 Å². The second kappa shape index (κ2) is 9.90. The summed E-state index contributed by atoms with van der Waals surface area (Å²) in [5.41, 5.74) is -0.192. The van der Waals surface area contributed by atoms with Crippen LogP contribution in [-0.4, -0.2) is 41.5 Å². The molecule has 0 N–H and O–H groups in total. The van der Waals surface area contributed by atoms with E-state index in [0.29, 0.717) is 11.7 Å². The van der Waals surface area contributed by atoms with Gasteiger partial charge in [0.25, 0.3) is 5.91 Å². The first-order valence-electron chi connectivity index (χ1n) is 16.9. The number of ether oxygens (including phenoxy) is 1. The lowest BCUT2D eigenvalue weighted by atomic mass is 9.33. The highest BCUT2D eigenvalue weighted by molar-refractivity contribution is 5.95. The number of allylic oxidation sites excluding steroid dienone is 2. The van der Waals surface area contributed by atoms with Crippen molar-refractivity contribution in [3.8, 4) is 0 Å². The smallest absolute Gasteiger partial charge is 0.302 e. The van der Waals surface area contributed by atoms with Gasteiger partial charge in [0, 0.05) is 23.7 Å². The molecule has 4 fully saturated rings. The fraction of sp³-hybridized carbons (Fsp3) is 0.865. The first kappa shape index (κ1) is 32.7. The number of esters is 1. The van der Waals surface area contributed by atoms with Gasteiger partial charge in [-0.25, -0.2) is 5.06 Å². The number of fused-ring (bicyclic) bond motifs is 7. The number of carbonyl (C=O) groups excluding carboxylic acids is 3. The van der Waals surface area contributed by atoms with Gasteiger partial charge >= 0.3 is 5.97 Å². The minimum Gasteiger partial charge on any atom is -0.462 e. The average Bonchev–Trinajstić information content (AvgIpc) is 2.87. The summed E-state index contributed by atoms with van der Waals surface area (Å²) in [6.45, 7) is 23.9. The molecule has 0 aromatic heterocycles. The zero-order valence-corrected chi connectivity index (χ0v) is 29.2. The van der Waals surface area contributed by atoms with Crippen LogP contribution in [0.15, 0.2) is 11.6 Å². The molecular formula is C37H59NO5. The van der Waals surface area contributed by atoms with Crippen molar-refractivity contribution in [1.29, 1.82) is 0 Å². The molecule has 0 aromatic carbocycles. The Kier molecular flexibility index (Phi) is 7.53. The third-order valence-corrected chi connectivity index (χ3v) is 14.3. The van der Waals surface area contributed by atoms with E-state index in [0.717, 1.165) is 57.8 Å². The van der Waals surface area contributed by atoms with Gasteiger partial charge in [0.05, 0.1) is 12.6 Å². The van der Waals surface area contributed by atoms with Gasteiger partial charge in [0.15, 0.2) is 5.78 Å². The highest BCUT2D eigenvalue weighted by Crippen LogP contribution is 2.75. The third-order valence-electron chi connectivity index (χ3n) is 14.3. The number of hydrogen-bond donors (Lipinski definition) is 0. The number of nitrogens with zero attached hydrogens (tertiary/aromatic N) is 1.